The fourth-order valence-corrected chi connectivity index (χ4v) is 8.08. The van der Waals surface area contributed by atoms with E-state index >= 15 is 0 Å². The summed E-state index contributed by atoms with van der Waals surface area (Å²) < 4.78 is 0.654. The molecule has 3 unspecified atom stereocenters. The number of imide groups is 1. The molecule has 3 amide bonds. The summed E-state index contributed by atoms with van der Waals surface area (Å²) in [4.78, 5) is 52.4. The number of carbonyl (C=O) groups excluding carboxylic acids is 4. The number of nitrogens with zero attached hydrogens (tertiary/aromatic N) is 2. The monoisotopic (exact) mass is 656 g/mol. The van der Waals surface area contributed by atoms with Gasteiger partial charge in [-0.2, -0.15) is 5.26 Å². The van der Waals surface area contributed by atoms with Crippen molar-refractivity contribution in [2.75, 3.05) is 5.75 Å². The number of hydroxylamine groups is 2. The molecular weight excluding hydrogens is 605 g/mol. The average molecular weight is 657 g/mol. The van der Waals surface area contributed by atoms with Gasteiger partial charge in [-0.25, -0.2) is 4.79 Å². The normalized spacial score (nSPS) is 17.2. The molecule has 1 aliphatic rings. The van der Waals surface area contributed by atoms with E-state index in [0.717, 1.165) is 18.6 Å². The molecule has 0 aliphatic carbocycles. The van der Waals surface area contributed by atoms with Gasteiger partial charge in [-0.1, -0.05) is 103 Å². The Labute approximate surface area is 272 Å². The van der Waals surface area contributed by atoms with Gasteiger partial charge < -0.3 is 16.3 Å². The van der Waals surface area contributed by atoms with Gasteiger partial charge in [0.15, 0.2) is 0 Å². The van der Waals surface area contributed by atoms with Crippen LogP contribution in [0, 0.1) is 28.1 Å². The molecule has 43 heavy (non-hydrogen) atoms. The summed E-state index contributed by atoms with van der Waals surface area (Å²) >= 11 is 8.43. The molecule has 1 aliphatic heterocycles. The quantitative estimate of drug-likeness (QED) is 0.0585. The first-order valence-electron chi connectivity index (χ1n) is 15.5. The van der Waals surface area contributed by atoms with Gasteiger partial charge in [0.25, 0.3) is 11.8 Å². The smallest absolute Gasteiger partial charge is 0.333 e. The molecule has 0 bridgehead atoms. The number of rotatable bonds is 21. The molecule has 12 heteroatoms. The minimum atomic E-state index is -1.10. The molecule has 0 aromatic rings. The van der Waals surface area contributed by atoms with Crippen LogP contribution >= 0.6 is 35.7 Å². The van der Waals surface area contributed by atoms with Gasteiger partial charge in [-0.15, -0.1) is 16.8 Å². The van der Waals surface area contributed by atoms with Crippen LogP contribution in [0.3, 0.4) is 0 Å². The standard InChI is InChI=1S/C31H52N4O5S3/c1-6-7-8-9-10-11-12-13-14-15-20-42-28(41)43-31(5,34)23(27(33)39)21-29(2,3)30(4,22-32)19-18-26(38)40-35-24(36)16-17-25(35)37/h23H,6-21,34H2,1-5H3,(H2,33,39). The lowest BCUT2D eigenvalue weighted by molar-refractivity contribution is -0.197. The Bertz CT molecular complexity index is 998. The summed E-state index contributed by atoms with van der Waals surface area (Å²) in [5.41, 5.74) is 10.6. The first kappa shape index (κ1) is 39.3. The highest BCUT2D eigenvalue weighted by atomic mass is 32.2. The summed E-state index contributed by atoms with van der Waals surface area (Å²) in [6.07, 6.45) is 12.7. The second-order valence-corrected chi connectivity index (χ2v) is 16.4. The summed E-state index contributed by atoms with van der Waals surface area (Å²) in [5, 5.41) is 10.6. The van der Waals surface area contributed by atoms with Gasteiger partial charge in [0.2, 0.25) is 5.91 Å². The van der Waals surface area contributed by atoms with Crippen LogP contribution in [0.4, 0.5) is 0 Å². The lowest BCUT2D eigenvalue weighted by atomic mass is 9.61. The van der Waals surface area contributed by atoms with E-state index in [1.54, 1.807) is 25.6 Å². The number of primary amides is 1. The van der Waals surface area contributed by atoms with Crippen LogP contribution in [0.15, 0.2) is 0 Å². The van der Waals surface area contributed by atoms with Crippen LogP contribution in [0.5, 0.6) is 0 Å². The highest BCUT2D eigenvalue weighted by molar-refractivity contribution is 8.47. The molecule has 0 spiro atoms. The summed E-state index contributed by atoms with van der Waals surface area (Å²) in [6.45, 7) is 9.35. The van der Waals surface area contributed by atoms with E-state index in [9.17, 15) is 24.4 Å². The van der Waals surface area contributed by atoms with Crippen molar-refractivity contribution in [2.45, 2.75) is 136 Å². The Hall–Kier alpha value is -1.68. The predicted molar refractivity (Wildman–Crippen MR) is 178 cm³/mol. The van der Waals surface area contributed by atoms with E-state index in [1.807, 2.05) is 13.8 Å². The van der Waals surface area contributed by atoms with Crippen molar-refractivity contribution in [3.05, 3.63) is 0 Å². The molecule has 1 heterocycles. The van der Waals surface area contributed by atoms with Crippen LogP contribution in [-0.4, -0.2) is 42.9 Å². The number of nitriles is 1. The largest absolute Gasteiger partial charge is 0.369 e. The zero-order chi connectivity index (χ0) is 32.7. The highest BCUT2D eigenvalue weighted by Gasteiger charge is 2.48. The van der Waals surface area contributed by atoms with E-state index in [2.05, 4.69) is 13.0 Å². The molecule has 1 fully saturated rings. The SMILES string of the molecule is CCCCCCCCCCCCSC(=S)SC(C)(N)C(CC(C)(C)C(C)(C#N)CCC(=O)ON1C(=O)CCC1=O)C(N)=O. The highest BCUT2D eigenvalue weighted by Crippen LogP contribution is 2.49. The maximum Gasteiger partial charge on any atom is 0.333 e. The molecule has 4 N–H and O–H groups in total. The van der Waals surface area contributed by atoms with Crippen molar-refractivity contribution in [3.63, 3.8) is 0 Å². The van der Waals surface area contributed by atoms with Crippen molar-refractivity contribution in [1.82, 2.24) is 5.06 Å². The Balaban J connectivity index is 2.62. The number of unbranched alkanes of at least 4 members (excludes halogenated alkanes) is 9. The number of hydrogen-bond donors (Lipinski definition) is 2. The van der Waals surface area contributed by atoms with Gasteiger partial charge >= 0.3 is 5.97 Å². The fraction of sp³-hybridized carbons (Fsp3) is 0.806. The Morgan fingerprint density at radius 2 is 1.51 bits per heavy atom. The second-order valence-electron chi connectivity index (χ2n) is 12.6. The summed E-state index contributed by atoms with van der Waals surface area (Å²) in [6, 6.07) is 2.30. The lowest BCUT2D eigenvalue weighted by Gasteiger charge is -2.43. The molecule has 3 atom stereocenters. The number of amides is 3. The number of thioether (sulfide) groups is 2. The number of nitrogens with two attached hydrogens (primary N) is 2. The first-order valence-corrected chi connectivity index (χ1v) is 17.7. The van der Waals surface area contributed by atoms with Crippen molar-refractivity contribution in [1.29, 1.82) is 5.26 Å². The van der Waals surface area contributed by atoms with Gasteiger partial charge in [-0.3, -0.25) is 14.4 Å². The van der Waals surface area contributed by atoms with Gasteiger partial charge in [0, 0.05) is 19.3 Å². The molecule has 1 saturated heterocycles. The third kappa shape index (κ3) is 13.5. The number of carbonyl (C=O) groups is 4. The van der Waals surface area contributed by atoms with Crippen LogP contribution in [-0.2, 0) is 24.0 Å². The Morgan fingerprint density at radius 3 is 2.00 bits per heavy atom. The third-order valence-electron chi connectivity index (χ3n) is 8.54. The molecule has 0 aromatic carbocycles. The van der Waals surface area contributed by atoms with E-state index in [4.69, 9.17) is 28.5 Å². The molecule has 244 valence electrons. The summed E-state index contributed by atoms with van der Waals surface area (Å²) in [7, 11) is 0. The predicted octanol–water partition coefficient (Wildman–Crippen LogP) is 6.77. The van der Waals surface area contributed by atoms with E-state index in [0.29, 0.717) is 8.59 Å². The fourth-order valence-electron chi connectivity index (χ4n) is 5.05. The van der Waals surface area contributed by atoms with Gasteiger partial charge in [-0.05, 0) is 44.3 Å². The van der Waals surface area contributed by atoms with Crippen LogP contribution in [0.2, 0.25) is 0 Å². The van der Waals surface area contributed by atoms with Crippen molar-refractivity contribution in [3.8, 4) is 6.07 Å². The van der Waals surface area contributed by atoms with Gasteiger partial charge in [0.1, 0.15) is 3.53 Å². The van der Waals surface area contributed by atoms with E-state index in [-0.39, 0.29) is 32.1 Å². The van der Waals surface area contributed by atoms with Crippen LogP contribution in [0.1, 0.15) is 131 Å². The minimum absolute atomic E-state index is 0.000676. The van der Waals surface area contributed by atoms with Gasteiger partial charge in [0.05, 0.1) is 22.3 Å². The first-order chi connectivity index (χ1) is 20.1. The van der Waals surface area contributed by atoms with Crippen LogP contribution < -0.4 is 11.5 Å². The molecular formula is C31H52N4O5S3. The maximum atomic E-state index is 12.7. The zero-order valence-electron chi connectivity index (χ0n) is 26.7. The minimum Gasteiger partial charge on any atom is -0.369 e. The zero-order valence-corrected chi connectivity index (χ0v) is 29.2. The Kier molecular flexibility index (Phi) is 17.4. The van der Waals surface area contributed by atoms with E-state index in [1.165, 1.54) is 63.1 Å². The lowest BCUT2D eigenvalue weighted by Crippen LogP contribution is -2.51. The van der Waals surface area contributed by atoms with Crippen molar-refractivity contribution >= 4 is 63.0 Å². The second kappa shape index (κ2) is 19.0. The molecule has 0 saturated carbocycles. The molecule has 0 aromatic heterocycles. The maximum absolute atomic E-state index is 12.7. The van der Waals surface area contributed by atoms with Crippen LogP contribution in [0.25, 0.3) is 0 Å². The average Bonchev–Trinajstić information content (AvgIpc) is 3.24. The Morgan fingerprint density at radius 1 is 1.00 bits per heavy atom. The molecule has 9 nitrogen and oxygen atoms in total. The number of hydrogen-bond acceptors (Lipinski definition) is 10. The summed E-state index contributed by atoms with van der Waals surface area (Å²) in [5.74, 6) is -2.41. The van der Waals surface area contributed by atoms with E-state index < -0.39 is 45.3 Å². The van der Waals surface area contributed by atoms with Crippen molar-refractivity contribution in [2.24, 2.45) is 28.2 Å². The van der Waals surface area contributed by atoms with Crippen molar-refractivity contribution < 1.29 is 24.0 Å². The third-order valence-corrected chi connectivity index (χ3v) is 11.4. The number of thiocarbonyl (C=S) groups is 1. The molecule has 0 radical (unpaired) electrons. The molecule has 1 rings (SSSR count). The topological polar surface area (TPSA) is 157 Å².